The number of nitrogens with one attached hydrogen (secondary N) is 1. The van der Waals surface area contributed by atoms with Gasteiger partial charge in [0, 0.05) is 16.9 Å². The number of anilines is 2. The van der Waals surface area contributed by atoms with Crippen LogP contribution < -0.4 is 15.0 Å². The van der Waals surface area contributed by atoms with Crippen molar-refractivity contribution in [2.75, 3.05) is 23.1 Å². The number of thioether (sulfide) groups is 1. The van der Waals surface area contributed by atoms with E-state index in [0.717, 1.165) is 11.3 Å². The molecule has 33 heavy (non-hydrogen) atoms. The molecule has 0 unspecified atom stereocenters. The smallest absolute Gasteiger partial charge is 0.255 e. The Morgan fingerprint density at radius 3 is 2.36 bits per heavy atom. The summed E-state index contributed by atoms with van der Waals surface area (Å²) in [6.07, 6.45) is 0. The third-order valence-electron chi connectivity index (χ3n) is 5.66. The second-order valence-electron chi connectivity index (χ2n) is 9.03. The zero-order valence-corrected chi connectivity index (χ0v) is 20.1. The predicted molar refractivity (Wildman–Crippen MR) is 135 cm³/mol. The van der Waals surface area contributed by atoms with Gasteiger partial charge in [0.1, 0.15) is 11.1 Å². The van der Waals surface area contributed by atoms with Gasteiger partial charge in [-0.05, 0) is 65.1 Å². The van der Waals surface area contributed by atoms with E-state index < -0.39 is 0 Å². The standard InChI is InChI=1S/C27H28N2O3S/c1-27(2,3)20-10-12-22(13-11-20)29-24(30)17-33-26(29)19-6-5-7-21(16-19)28-25(31)18-8-14-23(32-4)15-9-18/h5-16,26H,17H2,1-4H3,(H,28,31)/t26-/m1/s1. The van der Waals surface area contributed by atoms with Crippen LogP contribution in [0.4, 0.5) is 11.4 Å². The molecule has 0 spiro atoms. The summed E-state index contributed by atoms with van der Waals surface area (Å²) in [5.41, 5.74) is 4.38. The third-order valence-corrected chi connectivity index (χ3v) is 6.87. The highest BCUT2D eigenvalue weighted by Crippen LogP contribution is 2.42. The molecule has 170 valence electrons. The van der Waals surface area contributed by atoms with Crippen LogP contribution in [0.25, 0.3) is 0 Å². The maximum Gasteiger partial charge on any atom is 0.255 e. The average Bonchev–Trinajstić information content (AvgIpc) is 3.20. The van der Waals surface area contributed by atoms with Crippen molar-refractivity contribution in [2.45, 2.75) is 31.6 Å². The summed E-state index contributed by atoms with van der Waals surface area (Å²) in [7, 11) is 1.59. The molecule has 1 heterocycles. The number of rotatable bonds is 5. The van der Waals surface area contributed by atoms with Gasteiger partial charge in [-0.3, -0.25) is 14.5 Å². The summed E-state index contributed by atoms with van der Waals surface area (Å²) >= 11 is 1.59. The number of carbonyl (C=O) groups excluding carboxylic acids is 2. The van der Waals surface area contributed by atoms with E-state index in [1.165, 1.54) is 5.56 Å². The fourth-order valence-electron chi connectivity index (χ4n) is 3.79. The summed E-state index contributed by atoms with van der Waals surface area (Å²) in [4.78, 5) is 27.3. The lowest BCUT2D eigenvalue weighted by Crippen LogP contribution is -2.28. The van der Waals surface area contributed by atoms with Crippen LogP contribution >= 0.6 is 11.8 Å². The van der Waals surface area contributed by atoms with Crippen molar-refractivity contribution in [1.29, 1.82) is 0 Å². The normalized spacial score (nSPS) is 16.1. The summed E-state index contributed by atoms with van der Waals surface area (Å²) in [6.45, 7) is 6.52. The van der Waals surface area contributed by atoms with E-state index in [0.29, 0.717) is 22.8 Å². The van der Waals surface area contributed by atoms with E-state index in [2.05, 4.69) is 38.2 Å². The maximum atomic E-state index is 12.8. The number of carbonyl (C=O) groups is 2. The monoisotopic (exact) mass is 460 g/mol. The van der Waals surface area contributed by atoms with Crippen LogP contribution in [0.1, 0.15) is 47.6 Å². The van der Waals surface area contributed by atoms with Gasteiger partial charge in [0.2, 0.25) is 5.91 Å². The lowest BCUT2D eigenvalue weighted by atomic mass is 9.87. The molecule has 1 aliphatic rings. The number of nitrogens with zero attached hydrogens (tertiary/aromatic N) is 1. The van der Waals surface area contributed by atoms with Crippen molar-refractivity contribution < 1.29 is 14.3 Å². The summed E-state index contributed by atoms with van der Waals surface area (Å²) in [5.74, 6) is 1.02. The molecular weight excluding hydrogens is 432 g/mol. The molecule has 1 aliphatic heterocycles. The van der Waals surface area contributed by atoms with Crippen LogP contribution in [0, 0.1) is 0 Å². The molecule has 0 bridgehead atoms. The minimum atomic E-state index is -0.195. The van der Waals surface area contributed by atoms with Crippen molar-refractivity contribution in [2.24, 2.45) is 0 Å². The van der Waals surface area contributed by atoms with Gasteiger partial charge in [-0.2, -0.15) is 0 Å². The summed E-state index contributed by atoms with van der Waals surface area (Å²) < 4.78 is 5.15. The van der Waals surface area contributed by atoms with E-state index in [9.17, 15) is 9.59 Å². The average molecular weight is 461 g/mol. The Kier molecular flexibility index (Phi) is 6.47. The molecule has 6 heteroatoms. The van der Waals surface area contributed by atoms with E-state index in [-0.39, 0.29) is 22.6 Å². The maximum absolute atomic E-state index is 12.8. The molecule has 0 aromatic heterocycles. The Morgan fingerprint density at radius 1 is 1.03 bits per heavy atom. The van der Waals surface area contributed by atoms with Gasteiger partial charge in [-0.15, -0.1) is 11.8 Å². The third kappa shape index (κ3) is 5.06. The van der Waals surface area contributed by atoms with Gasteiger partial charge in [-0.25, -0.2) is 0 Å². The van der Waals surface area contributed by atoms with Gasteiger partial charge >= 0.3 is 0 Å². The Morgan fingerprint density at radius 2 is 1.73 bits per heavy atom. The topological polar surface area (TPSA) is 58.6 Å². The summed E-state index contributed by atoms with van der Waals surface area (Å²) in [6, 6.07) is 22.9. The Bertz CT molecular complexity index is 1150. The Labute approximate surface area is 199 Å². The molecule has 2 amide bonds. The van der Waals surface area contributed by atoms with E-state index in [4.69, 9.17) is 4.74 Å². The lowest BCUT2D eigenvalue weighted by molar-refractivity contribution is -0.115. The number of hydrogen-bond donors (Lipinski definition) is 1. The second-order valence-corrected chi connectivity index (χ2v) is 10.1. The van der Waals surface area contributed by atoms with Crippen LogP contribution in [0.15, 0.2) is 72.8 Å². The predicted octanol–water partition coefficient (Wildman–Crippen LogP) is 6.02. The molecule has 1 N–H and O–H groups in total. The summed E-state index contributed by atoms with van der Waals surface area (Å²) in [5, 5.41) is 2.81. The Hall–Kier alpha value is -3.25. The van der Waals surface area contributed by atoms with E-state index in [1.54, 1.807) is 43.1 Å². The highest BCUT2D eigenvalue weighted by molar-refractivity contribution is 8.00. The molecule has 3 aromatic rings. The highest BCUT2D eigenvalue weighted by Gasteiger charge is 2.34. The zero-order chi connectivity index (χ0) is 23.6. The van der Waals surface area contributed by atoms with Crippen molar-refractivity contribution in [3.8, 4) is 5.75 Å². The van der Waals surface area contributed by atoms with Gasteiger partial charge in [0.05, 0.1) is 12.9 Å². The highest BCUT2D eigenvalue weighted by atomic mass is 32.2. The van der Waals surface area contributed by atoms with Crippen LogP contribution in [0.5, 0.6) is 5.75 Å². The first-order chi connectivity index (χ1) is 15.8. The van der Waals surface area contributed by atoms with Gasteiger partial charge < -0.3 is 10.1 Å². The van der Waals surface area contributed by atoms with Gasteiger partial charge in [-0.1, -0.05) is 45.0 Å². The molecule has 0 radical (unpaired) electrons. The van der Waals surface area contributed by atoms with E-state index in [1.807, 2.05) is 41.3 Å². The molecule has 0 saturated carbocycles. The number of ether oxygens (including phenoxy) is 1. The van der Waals surface area contributed by atoms with E-state index >= 15 is 0 Å². The molecule has 4 rings (SSSR count). The number of amides is 2. The van der Waals surface area contributed by atoms with Crippen LogP contribution in [0.2, 0.25) is 0 Å². The van der Waals surface area contributed by atoms with Crippen molar-refractivity contribution in [3.63, 3.8) is 0 Å². The second kappa shape index (κ2) is 9.32. The zero-order valence-electron chi connectivity index (χ0n) is 19.3. The minimum absolute atomic E-state index is 0.0537. The van der Waals surface area contributed by atoms with Crippen LogP contribution in [-0.2, 0) is 10.2 Å². The number of hydrogen-bond acceptors (Lipinski definition) is 4. The minimum Gasteiger partial charge on any atom is -0.497 e. The lowest BCUT2D eigenvalue weighted by Gasteiger charge is -2.26. The van der Waals surface area contributed by atoms with Gasteiger partial charge in [0.15, 0.2) is 0 Å². The molecule has 1 saturated heterocycles. The first-order valence-electron chi connectivity index (χ1n) is 10.9. The molecule has 3 aromatic carbocycles. The number of methoxy groups -OCH3 is 1. The Balaban J connectivity index is 1.55. The molecule has 1 fully saturated rings. The molecule has 1 atom stereocenters. The molecule has 5 nitrogen and oxygen atoms in total. The van der Waals surface area contributed by atoms with Crippen molar-refractivity contribution in [3.05, 3.63) is 89.5 Å². The van der Waals surface area contributed by atoms with Crippen molar-refractivity contribution >= 4 is 35.0 Å². The van der Waals surface area contributed by atoms with Gasteiger partial charge in [0.25, 0.3) is 5.91 Å². The first kappa shape index (κ1) is 22.9. The van der Waals surface area contributed by atoms with Crippen molar-refractivity contribution in [1.82, 2.24) is 0 Å². The first-order valence-corrected chi connectivity index (χ1v) is 11.9. The largest absolute Gasteiger partial charge is 0.497 e. The van der Waals surface area contributed by atoms with Crippen LogP contribution in [-0.4, -0.2) is 24.7 Å². The fraction of sp³-hybridized carbons (Fsp3) is 0.259. The quantitative estimate of drug-likeness (QED) is 0.506. The SMILES string of the molecule is COc1ccc(C(=O)Nc2cccc([C@H]3SCC(=O)N3c3ccc(C(C)(C)C)cc3)c2)cc1. The fourth-order valence-corrected chi connectivity index (χ4v) is 4.95. The molecular formula is C27H28N2O3S. The van der Waals surface area contributed by atoms with Crippen LogP contribution in [0.3, 0.4) is 0 Å². The number of benzene rings is 3. The molecule has 0 aliphatic carbocycles.